The Morgan fingerprint density at radius 1 is 1.11 bits per heavy atom. The molecule has 0 radical (unpaired) electrons. The van der Waals surface area contributed by atoms with Gasteiger partial charge in [0.25, 0.3) is 5.91 Å². The number of amides is 2. The SMILES string of the molecule is CCOC(=O)N1CCN(c2ccc(C(=O)Nc3ccccc3F)nn2)CC1. The number of benzene rings is 1. The van der Waals surface area contributed by atoms with Crippen molar-refractivity contribution in [2.75, 3.05) is 43.0 Å². The minimum atomic E-state index is -0.536. The molecule has 2 aromatic rings. The van der Waals surface area contributed by atoms with E-state index >= 15 is 0 Å². The number of carbonyl (C=O) groups is 2. The number of nitrogens with zero attached hydrogens (tertiary/aromatic N) is 4. The van der Waals surface area contributed by atoms with Crippen LogP contribution >= 0.6 is 0 Å². The summed E-state index contributed by atoms with van der Waals surface area (Å²) in [5, 5.41) is 10.5. The highest BCUT2D eigenvalue weighted by molar-refractivity contribution is 6.02. The number of hydrogen-bond acceptors (Lipinski definition) is 6. The first-order chi connectivity index (χ1) is 13.1. The van der Waals surface area contributed by atoms with Crippen LogP contribution < -0.4 is 10.2 Å². The van der Waals surface area contributed by atoms with Gasteiger partial charge in [-0.25, -0.2) is 9.18 Å². The van der Waals surface area contributed by atoms with Crippen molar-refractivity contribution in [2.45, 2.75) is 6.92 Å². The third-order valence-electron chi connectivity index (χ3n) is 4.13. The Morgan fingerprint density at radius 2 is 1.85 bits per heavy atom. The first kappa shape index (κ1) is 18.6. The first-order valence-corrected chi connectivity index (χ1v) is 8.64. The predicted molar refractivity (Wildman–Crippen MR) is 97.2 cm³/mol. The summed E-state index contributed by atoms with van der Waals surface area (Å²) in [6.07, 6.45) is -0.316. The van der Waals surface area contributed by atoms with Gasteiger partial charge in [-0.1, -0.05) is 12.1 Å². The summed E-state index contributed by atoms with van der Waals surface area (Å²) in [6.45, 7) is 4.35. The fraction of sp³-hybridized carbons (Fsp3) is 0.333. The lowest BCUT2D eigenvalue weighted by molar-refractivity contribution is 0.101. The van der Waals surface area contributed by atoms with E-state index in [0.717, 1.165) is 0 Å². The molecule has 9 heteroatoms. The van der Waals surface area contributed by atoms with Gasteiger partial charge in [-0.15, -0.1) is 10.2 Å². The zero-order chi connectivity index (χ0) is 19.2. The Morgan fingerprint density at radius 3 is 2.48 bits per heavy atom. The van der Waals surface area contributed by atoms with Crippen LogP contribution in [0.25, 0.3) is 0 Å². The molecule has 1 saturated heterocycles. The third kappa shape index (κ3) is 4.49. The van der Waals surface area contributed by atoms with E-state index in [4.69, 9.17) is 4.74 Å². The molecule has 142 valence electrons. The molecule has 3 rings (SSSR count). The molecule has 0 unspecified atom stereocenters. The molecule has 1 aliphatic heterocycles. The molecule has 0 bridgehead atoms. The van der Waals surface area contributed by atoms with Crippen LogP contribution in [0.2, 0.25) is 0 Å². The van der Waals surface area contributed by atoms with Crippen molar-refractivity contribution in [2.24, 2.45) is 0 Å². The molecule has 0 saturated carbocycles. The highest BCUT2D eigenvalue weighted by Crippen LogP contribution is 2.16. The number of ether oxygens (including phenoxy) is 1. The Bertz CT molecular complexity index is 807. The van der Waals surface area contributed by atoms with E-state index in [-0.39, 0.29) is 17.5 Å². The molecule has 2 amide bonds. The largest absolute Gasteiger partial charge is 0.450 e. The summed E-state index contributed by atoms with van der Waals surface area (Å²) in [5.41, 5.74) is 0.177. The lowest BCUT2D eigenvalue weighted by Crippen LogP contribution is -2.49. The fourth-order valence-corrected chi connectivity index (χ4v) is 2.70. The highest BCUT2D eigenvalue weighted by atomic mass is 19.1. The molecule has 27 heavy (non-hydrogen) atoms. The van der Waals surface area contributed by atoms with Crippen LogP contribution in [0, 0.1) is 5.82 Å². The summed E-state index contributed by atoms with van der Waals surface area (Å²) in [7, 11) is 0. The monoisotopic (exact) mass is 373 g/mol. The zero-order valence-electron chi connectivity index (χ0n) is 14.9. The van der Waals surface area contributed by atoms with Crippen LogP contribution in [0.15, 0.2) is 36.4 Å². The number of carbonyl (C=O) groups excluding carboxylic acids is 2. The zero-order valence-corrected chi connectivity index (χ0v) is 14.9. The van der Waals surface area contributed by atoms with Crippen molar-refractivity contribution in [3.8, 4) is 0 Å². The Kier molecular flexibility index (Phi) is 5.80. The van der Waals surface area contributed by atoms with Crippen molar-refractivity contribution in [1.29, 1.82) is 0 Å². The normalized spacial score (nSPS) is 14.0. The lowest BCUT2D eigenvalue weighted by Gasteiger charge is -2.34. The van der Waals surface area contributed by atoms with E-state index in [1.54, 1.807) is 30.0 Å². The van der Waals surface area contributed by atoms with Crippen molar-refractivity contribution in [3.05, 3.63) is 47.9 Å². The van der Waals surface area contributed by atoms with Gasteiger partial charge in [-0.05, 0) is 31.2 Å². The van der Waals surface area contributed by atoms with Crippen LogP contribution in [0.5, 0.6) is 0 Å². The third-order valence-corrected chi connectivity index (χ3v) is 4.13. The molecule has 8 nitrogen and oxygen atoms in total. The van der Waals surface area contributed by atoms with Gasteiger partial charge in [0.1, 0.15) is 5.82 Å². The average Bonchev–Trinajstić information content (AvgIpc) is 2.70. The van der Waals surface area contributed by atoms with Gasteiger partial charge in [0.2, 0.25) is 0 Å². The molecule has 0 spiro atoms. The highest BCUT2D eigenvalue weighted by Gasteiger charge is 2.23. The molecule has 0 atom stereocenters. The minimum Gasteiger partial charge on any atom is -0.450 e. The van der Waals surface area contributed by atoms with Crippen LogP contribution in [-0.4, -0.2) is 59.9 Å². The van der Waals surface area contributed by atoms with E-state index in [1.807, 2.05) is 4.90 Å². The number of piperazine rings is 1. The second-order valence-corrected chi connectivity index (χ2v) is 5.88. The van der Waals surface area contributed by atoms with E-state index < -0.39 is 11.7 Å². The number of halogens is 1. The second kappa shape index (κ2) is 8.43. The number of para-hydroxylation sites is 1. The molecule has 1 aliphatic rings. The summed E-state index contributed by atoms with van der Waals surface area (Å²) in [5.74, 6) is -0.442. The standard InChI is InChI=1S/C18H20FN5O3/c1-2-27-18(26)24-11-9-23(10-12-24)16-8-7-15(21-22-16)17(25)20-14-6-4-3-5-13(14)19/h3-8H,2,9-12H2,1H3,(H,20,25). The van der Waals surface area contributed by atoms with E-state index in [0.29, 0.717) is 38.6 Å². The maximum absolute atomic E-state index is 13.6. The van der Waals surface area contributed by atoms with Crippen molar-refractivity contribution in [1.82, 2.24) is 15.1 Å². The van der Waals surface area contributed by atoms with E-state index in [1.165, 1.54) is 18.2 Å². The Labute approximate surface area is 155 Å². The van der Waals surface area contributed by atoms with Crippen molar-refractivity contribution >= 4 is 23.5 Å². The topological polar surface area (TPSA) is 87.7 Å². The second-order valence-electron chi connectivity index (χ2n) is 5.88. The fourth-order valence-electron chi connectivity index (χ4n) is 2.70. The molecule has 1 aromatic carbocycles. The maximum Gasteiger partial charge on any atom is 0.409 e. The predicted octanol–water partition coefficient (Wildman–Crippen LogP) is 2.15. The van der Waals surface area contributed by atoms with Crippen LogP contribution in [0.3, 0.4) is 0 Å². The summed E-state index contributed by atoms with van der Waals surface area (Å²) in [4.78, 5) is 27.5. The maximum atomic E-state index is 13.6. The number of nitrogens with one attached hydrogen (secondary N) is 1. The number of rotatable bonds is 4. The summed E-state index contributed by atoms with van der Waals surface area (Å²) in [6, 6.07) is 9.13. The van der Waals surface area contributed by atoms with Crippen LogP contribution in [0.1, 0.15) is 17.4 Å². The van der Waals surface area contributed by atoms with Gasteiger partial charge < -0.3 is 19.9 Å². The van der Waals surface area contributed by atoms with Crippen LogP contribution in [0.4, 0.5) is 20.7 Å². The molecule has 1 N–H and O–H groups in total. The quantitative estimate of drug-likeness (QED) is 0.884. The number of anilines is 2. The summed E-state index contributed by atoms with van der Waals surface area (Å²) < 4.78 is 18.6. The smallest absolute Gasteiger partial charge is 0.409 e. The molecular weight excluding hydrogens is 353 g/mol. The number of hydrogen-bond donors (Lipinski definition) is 1. The van der Waals surface area contributed by atoms with E-state index in [2.05, 4.69) is 15.5 Å². The summed E-state index contributed by atoms with van der Waals surface area (Å²) >= 11 is 0. The first-order valence-electron chi connectivity index (χ1n) is 8.64. The number of aromatic nitrogens is 2. The van der Waals surface area contributed by atoms with Crippen LogP contribution in [-0.2, 0) is 4.74 Å². The molecule has 2 heterocycles. The molecule has 1 fully saturated rings. The van der Waals surface area contributed by atoms with Gasteiger partial charge in [-0.2, -0.15) is 0 Å². The van der Waals surface area contributed by atoms with Gasteiger partial charge in [0.15, 0.2) is 11.5 Å². The minimum absolute atomic E-state index is 0.0865. The van der Waals surface area contributed by atoms with Gasteiger partial charge >= 0.3 is 6.09 Å². The van der Waals surface area contributed by atoms with E-state index in [9.17, 15) is 14.0 Å². The Hall–Kier alpha value is -3.23. The lowest BCUT2D eigenvalue weighted by atomic mass is 10.2. The molecular formula is C18H20FN5O3. The molecule has 0 aliphatic carbocycles. The van der Waals surface area contributed by atoms with Gasteiger partial charge in [-0.3, -0.25) is 4.79 Å². The Balaban J connectivity index is 1.58. The van der Waals surface area contributed by atoms with Crippen molar-refractivity contribution < 1.29 is 18.7 Å². The van der Waals surface area contributed by atoms with Crippen molar-refractivity contribution in [3.63, 3.8) is 0 Å². The molecule has 1 aromatic heterocycles. The average molecular weight is 373 g/mol. The van der Waals surface area contributed by atoms with Gasteiger partial charge in [0, 0.05) is 26.2 Å². The van der Waals surface area contributed by atoms with Gasteiger partial charge in [0.05, 0.1) is 12.3 Å².